The summed E-state index contributed by atoms with van der Waals surface area (Å²) in [6.45, 7) is 9.84. The SMILES string of the molecule is CCCCN(Cc1cc(C(=O)NCc2ccc3c(c2)OCO3)no1)C(=O)c1ccc(C(C)(C)C)cc1. The van der Waals surface area contributed by atoms with Gasteiger partial charge in [0.25, 0.3) is 11.8 Å². The number of rotatable bonds is 9. The molecule has 4 rings (SSSR count). The molecule has 2 amide bonds. The summed E-state index contributed by atoms with van der Waals surface area (Å²) < 4.78 is 16.1. The van der Waals surface area contributed by atoms with Crippen molar-refractivity contribution in [2.45, 2.75) is 59.0 Å². The summed E-state index contributed by atoms with van der Waals surface area (Å²) in [6, 6.07) is 14.9. The highest BCUT2D eigenvalue weighted by Crippen LogP contribution is 2.32. The lowest BCUT2D eigenvalue weighted by Gasteiger charge is -2.23. The molecule has 1 aliphatic rings. The molecule has 0 bridgehead atoms. The molecular weight excluding hydrogens is 458 g/mol. The van der Waals surface area contributed by atoms with E-state index in [1.165, 1.54) is 5.56 Å². The van der Waals surface area contributed by atoms with Crippen LogP contribution in [0.15, 0.2) is 53.1 Å². The number of carbonyl (C=O) groups is 2. The number of carbonyl (C=O) groups excluding carboxylic acids is 2. The van der Waals surface area contributed by atoms with Crippen molar-refractivity contribution in [1.29, 1.82) is 0 Å². The fourth-order valence-corrected chi connectivity index (χ4v) is 3.90. The van der Waals surface area contributed by atoms with E-state index in [0.717, 1.165) is 18.4 Å². The van der Waals surface area contributed by atoms with Crippen LogP contribution in [0.1, 0.15) is 78.3 Å². The van der Waals surface area contributed by atoms with Crippen molar-refractivity contribution in [1.82, 2.24) is 15.4 Å². The lowest BCUT2D eigenvalue weighted by Crippen LogP contribution is -2.31. The lowest BCUT2D eigenvalue weighted by molar-refractivity contribution is 0.0724. The molecule has 0 radical (unpaired) electrons. The molecule has 2 heterocycles. The van der Waals surface area contributed by atoms with Crippen molar-refractivity contribution in [3.8, 4) is 11.5 Å². The first-order chi connectivity index (χ1) is 17.2. The fourth-order valence-electron chi connectivity index (χ4n) is 3.90. The van der Waals surface area contributed by atoms with Gasteiger partial charge in [-0.1, -0.05) is 57.5 Å². The molecule has 0 spiro atoms. The largest absolute Gasteiger partial charge is 0.454 e. The number of aromatic nitrogens is 1. The van der Waals surface area contributed by atoms with Gasteiger partial charge >= 0.3 is 0 Å². The summed E-state index contributed by atoms with van der Waals surface area (Å²) >= 11 is 0. The predicted molar refractivity (Wildman–Crippen MR) is 135 cm³/mol. The number of hydrogen-bond acceptors (Lipinski definition) is 6. The highest BCUT2D eigenvalue weighted by molar-refractivity contribution is 5.94. The first kappa shape index (κ1) is 25.3. The minimum atomic E-state index is -0.355. The Hall–Kier alpha value is -3.81. The van der Waals surface area contributed by atoms with Gasteiger partial charge in [-0.15, -0.1) is 0 Å². The van der Waals surface area contributed by atoms with Gasteiger partial charge < -0.3 is 24.2 Å². The topological polar surface area (TPSA) is 93.9 Å². The van der Waals surface area contributed by atoms with Crippen molar-refractivity contribution in [2.75, 3.05) is 13.3 Å². The van der Waals surface area contributed by atoms with Gasteiger partial charge in [-0.2, -0.15) is 0 Å². The van der Waals surface area contributed by atoms with Crippen LogP contribution in [0.5, 0.6) is 11.5 Å². The van der Waals surface area contributed by atoms with Gasteiger partial charge in [0.15, 0.2) is 23.0 Å². The first-order valence-corrected chi connectivity index (χ1v) is 12.3. The zero-order valence-corrected chi connectivity index (χ0v) is 21.3. The standard InChI is InChI=1S/C28H33N3O5/c1-5-6-13-31(27(33)20-8-10-21(11-9-20)28(2,3)4)17-22-15-23(30-36-22)26(32)29-16-19-7-12-24-25(14-19)35-18-34-24/h7-12,14-15H,5-6,13,16-18H2,1-4H3,(H,29,32). The summed E-state index contributed by atoms with van der Waals surface area (Å²) in [6.07, 6.45) is 1.82. The Kier molecular flexibility index (Phi) is 7.62. The maximum absolute atomic E-state index is 13.3. The molecule has 190 valence electrons. The van der Waals surface area contributed by atoms with Crippen LogP contribution in [0.2, 0.25) is 0 Å². The van der Waals surface area contributed by atoms with Crippen molar-refractivity contribution in [3.63, 3.8) is 0 Å². The molecule has 1 N–H and O–H groups in total. The van der Waals surface area contributed by atoms with E-state index in [1.807, 2.05) is 42.5 Å². The van der Waals surface area contributed by atoms with E-state index in [0.29, 0.717) is 35.9 Å². The summed E-state index contributed by atoms with van der Waals surface area (Å²) in [5.41, 5.74) is 2.86. The highest BCUT2D eigenvalue weighted by atomic mass is 16.7. The minimum Gasteiger partial charge on any atom is -0.454 e. The molecule has 0 fully saturated rings. The highest BCUT2D eigenvalue weighted by Gasteiger charge is 2.21. The summed E-state index contributed by atoms with van der Waals surface area (Å²) in [5.74, 6) is 1.38. The van der Waals surface area contributed by atoms with Gasteiger partial charge in [-0.05, 0) is 47.2 Å². The molecule has 3 aromatic rings. The molecule has 8 heteroatoms. The Labute approximate surface area is 211 Å². The second-order valence-electron chi connectivity index (χ2n) is 9.96. The van der Waals surface area contributed by atoms with E-state index in [-0.39, 0.29) is 36.3 Å². The number of ether oxygens (including phenoxy) is 2. The number of amides is 2. The van der Waals surface area contributed by atoms with Gasteiger partial charge in [-0.3, -0.25) is 9.59 Å². The fraction of sp³-hybridized carbons (Fsp3) is 0.393. The van der Waals surface area contributed by atoms with Crippen molar-refractivity contribution in [2.24, 2.45) is 0 Å². The number of nitrogens with one attached hydrogen (secondary N) is 1. The van der Waals surface area contributed by atoms with Crippen molar-refractivity contribution >= 4 is 11.8 Å². The Morgan fingerprint density at radius 1 is 1.03 bits per heavy atom. The van der Waals surface area contributed by atoms with Crippen LogP contribution in [0.4, 0.5) is 0 Å². The Morgan fingerprint density at radius 3 is 2.50 bits per heavy atom. The van der Waals surface area contributed by atoms with Crippen LogP contribution < -0.4 is 14.8 Å². The minimum absolute atomic E-state index is 0.0169. The molecule has 0 aliphatic carbocycles. The third-order valence-electron chi connectivity index (χ3n) is 6.10. The summed E-state index contributed by atoms with van der Waals surface area (Å²) in [4.78, 5) is 27.6. The molecular formula is C28H33N3O5. The van der Waals surface area contributed by atoms with Gasteiger partial charge in [-0.25, -0.2) is 0 Å². The maximum atomic E-state index is 13.3. The number of hydrogen-bond donors (Lipinski definition) is 1. The maximum Gasteiger partial charge on any atom is 0.273 e. The molecule has 0 unspecified atom stereocenters. The van der Waals surface area contributed by atoms with Crippen LogP contribution >= 0.6 is 0 Å². The molecule has 2 aromatic carbocycles. The molecule has 36 heavy (non-hydrogen) atoms. The van der Waals surface area contributed by atoms with E-state index in [4.69, 9.17) is 14.0 Å². The van der Waals surface area contributed by atoms with E-state index in [2.05, 4.69) is 38.2 Å². The zero-order valence-electron chi connectivity index (χ0n) is 21.3. The van der Waals surface area contributed by atoms with Gasteiger partial charge in [0.1, 0.15) is 0 Å². The summed E-state index contributed by atoms with van der Waals surface area (Å²) in [5, 5.41) is 6.76. The molecule has 0 atom stereocenters. The van der Waals surface area contributed by atoms with Crippen LogP contribution in [-0.4, -0.2) is 35.2 Å². The number of benzene rings is 2. The quantitative estimate of drug-likeness (QED) is 0.449. The van der Waals surface area contributed by atoms with Gasteiger partial charge in [0.2, 0.25) is 6.79 Å². The smallest absolute Gasteiger partial charge is 0.273 e. The van der Waals surface area contributed by atoms with E-state index >= 15 is 0 Å². The van der Waals surface area contributed by atoms with Gasteiger partial charge in [0.05, 0.1) is 6.54 Å². The average molecular weight is 492 g/mol. The molecule has 1 aromatic heterocycles. The lowest BCUT2D eigenvalue weighted by atomic mass is 9.86. The molecule has 8 nitrogen and oxygen atoms in total. The number of unbranched alkanes of at least 4 members (excludes halogenated alkanes) is 1. The predicted octanol–water partition coefficient (Wildman–Crippen LogP) is 5.07. The Morgan fingerprint density at radius 2 is 1.78 bits per heavy atom. The van der Waals surface area contributed by atoms with Crippen LogP contribution in [-0.2, 0) is 18.5 Å². The van der Waals surface area contributed by atoms with Crippen molar-refractivity contribution < 1.29 is 23.6 Å². The normalized spacial score (nSPS) is 12.4. The van der Waals surface area contributed by atoms with Crippen LogP contribution in [0, 0.1) is 0 Å². The zero-order chi connectivity index (χ0) is 25.7. The van der Waals surface area contributed by atoms with E-state index in [9.17, 15) is 9.59 Å². The monoisotopic (exact) mass is 491 g/mol. The van der Waals surface area contributed by atoms with Gasteiger partial charge in [0, 0.05) is 24.7 Å². The van der Waals surface area contributed by atoms with Crippen molar-refractivity contribution in [3.05, 3.63) is 76.7 Å². The van der Waals surface area contributed by atoms with Crippen LogP contribution in [0.25, 0.3) is 0 Å². The Balaban J connectivity index is 1.39. The third-order valence-corrected chi connectivity index (χ3v) is 6.10. The average Bonchev–Trinajstić information content (AvgIpc) is 3.53. The molecule has 0 saturated heterocycles. The second kappa shape index (κ2) is 10.8. The third kappa shape index (κ3) is 6.05. The first-order valence-electron chi connectivity index (χ1n) is 12.3. The number of nitrogens with zero attached hydrogens (tertiary/aromatic N) is 2. The van der Waals surface area contributed by atoms with Crippen LogP contribution in [0.3, 0.4) is 0 Å². The summed E-state index contributed by atoms with van der Waals surface area (Å²) in [7, 11) is 0. The van der Waals surface area contributed by atoms with E-state index in [1.54, 1.807) is 11.0 Å². The molecule has 1 aliphatic heterocycles. The number of fused-ring (bicyclic) bond motifs is 1. The Bertz CT molecular complexity index is 1210. The van der Waals surface area contributed by atoms with E-state index < -0.39 is 0 Å². The second-order valence-corrected chi connectivity index (χ2v) is 9.96. The molecule has 0 saturated carbocycles.